The summed E-state index contributed by atoms with van der Waals surface area (Å²) in [7, 11) is -3.07. The first-order valence-electron chi connectivity index (χ1n) is 8.69. The van der Waals surface area contributed by atoms with Gasteiger partial charge < -0.3 is 15.1 Å². The van der Waals surface area contributed by atoms with Crippen LogP contribution in [0.2, 0.25) is 0 Å². The second-order valence-corrected chi connectivity index (χ2v) is 8.41. The average molecular weight is 499 g/mol. The highest BCUT2D eigenvalue weighted by Gasteiger charge is 2.24. The molecule has 0 saturated carbocycles. The van der Waals surface area contributed by atoms with Crippen LogP contribution in [0.25, 0.3) is 0 Å². The minimum Gasteiger partial charge on any atom is -0.444 e. The van der Waals surface area contributed by atoms with E-state index in [0.717, 1.165) is 43.3 Å². The maximum absolute atomic E-state index is 11.6. The summed E-state index contributed by atoms with van der Waals surface area (Å²) in [6, 6.07) is 0. The van der Waals surface area contributed by atoms with Gasteiger partial charge in [0.25, 0.3) is 0 Å². The van der Waals surface area contributed by atoms with E-state index < -0.39 is 10.0 Å². The van der Waals surface area contributed by atoms with Crippen LogP contribution in [0.3, 0.4) is 0 Å². The molecule has 26 heavy (non-hydrogen) atoms. The van der Waals surface area contributed by atoms with Gasteiger partial charge >= 0.3 is 0 Å². The Morgan fingerprint density at radius 3 is 2.46 bits per heavy atom. The molecule has 0 aromatic carbocycles. The van der Waals surface area contributed by atoms with Crippen LogP contribution in [-0.4, -0.2) is 56.1 Å². The first-order valence-corrected chi connectivity index (χ1v) is 10.5. The highest BCUT2D eigenvalue weighted by Crippen LogP contribution is 2.18. The summed E-state index contributed by atoms with van der Waals surface area (Å²) in [6.07, 6.45) is 2.99. The number of hydrogen-bond donors (Lipinski definition) is 2. The lowest BCUT2D eigenvalue weighted by molar-refractivity contribution is 0.275. The van der Waals surface area contributed by atoms with Crippen LogP contribution < -0.4 is 10.6 Å². The average Bonchev–Trinajstić information content (AvgIpc) is 2.88. The van der Waals surface area contributed by atoms with Crippen molar-refractivity contribution in [1.82, 2.24) is 19.9 Å². The Hall–Kier alpha value is -0.880. The molecule has 1 aliphatic rings. The van der Waals surface area contributed by atoms with Crippen molar-refractivity contribution in [3.8, 4) is 0 Å². The molecule has 1 saturated heterocycles. The number of aliphatic imine (C=N–C) groups is 1. The Morgan fingerprint density at radius 2 is 1.96 bits per heavy atom. The molecule has 0 amide bonds. The van der Waals surface area contributed by atoms with Crippen LogP contribution in [0, 0.1) is 19.8 Å². The van der Waals surface area contributed by atoms with Gasteiger partial charge in [0.2, 0.25) is 15.9 Å². The molecule has 8 nitrogen and oxygen atoms in total. The molecular weight excluding hydrogens is 469 g/mol. The fourth-order valence-electron chi connectivity index (χ4n) is 2.78. The zero-order chi connectivity index (χ0) is 18.4. The Labute approximate surface area is 173 Å². The van der Waals surface area contributed by atoms with Crippen molar-refractivity contribution < 1.29 is 12.8 Å². The van der Waals surface area contributed by atoms with E-state index in [1.807, 2.05) is 20.8 Å². The number of piperidine rings is 1. The Morgan fingerprint density at radius 1 is 1.31 bits per heavy atom. The molecule has 0 radical (unpaired) electrons. The number of halogens is 1. The second-order valence-electron chi connectivity index (χ2n) is 6.43. The van der Waals surface area contributed by atoms with Crippen LogP contribution >= 0.6 is 24.0 Å². The van der Waals surface area contributed by atoms with E-state index in [2.05, 4.69) is 20.6 Å². The molecule has 1 fully saturated rings. The van der Waals surface area contributed by atoms with Gasteiger partial charge in [-0.3, -0.25) is 0 Å². The zero-order valence-electron chi connectivity index (χ0n) is 15.9. The summed E-state index contributed by atoms with van der Waals surface area (Å²) in [5.74, 6) is 2.59. The van der Waals surface area contributed by atoms with Gasteiger partial charge in [-0.1, -0.05) is 0 Å². The minimum atomic E-state index is -3.07. The van der Waals surface area contributed by atoms with Crippen molar-refractivity contribution >= 4 is 40.0 Å². The number of rotatable bonds is 6. The maximum Gasteiger partial charge on any atom is 0.216 e. The number of nitrogens with one attached hydrogen (secondary N) is 2. The van der Waals surface area contributed by atoms with Gasteiger partial charge in [0.15, 0.2) is 5.96 Å². The number of aromatic nitrogens is 1. The SMILES string of the molecule is CCNC(=NCc1nc(C)c(C)o1)NCC1CCN(S(C)(=O)=O)CC1.I. The number of aryl methyl sites for hydroxylation is 2. The molecular formula is C16H30IN5O3S. The standard InChI is InChI=1S/C16H29N5O3S.HI/c1-5-17-16(19-11-15-20-12(2)13(3)24-15)18-10-14-6-8-21(9-7-14)25(4,22)23;/h14H,5-11H2,1-4H3,(H2,17,18,19);1H. The summed E-state index contributed by atoms with van der Waals surface area (Å²) in [6.45, 7) is 8.93. The Kier molecular flexibility index (Phi) is 9.31. The van der Waals surface area contributed by atoms with Crippen LogP contribution in [-0.2, 0) is 16.6 Å². The molecule has 1 aromatic heterocycles. The van der Waals surface area contributed by atoms with Crippen molar-refractivity contribution in [3.63, 3.8) is 0 Å². The third-order valence-electron chi connectivity index (χ3n) is 4.39. The summed E-state index contributed by atoms with van der Waals surface area (Å²) in [4.78, 5) is 8.84. The smallest absolute Gasteiger partial charge is 0.216 e. The van der Waals surface area contributed by atoms with Crippen molar-refractivity contribution in [2.45, 2.75) is 40.2 Å². The molecule has 2 heterocycles. The Bertz CT molecular complexity index is 677. The predicted octanol–water partition coefficient (Wildman–Crippen LogP) is 1.64. The van der Waals surface area contributed by atoms with E-state index in [1.54, 1.807) is 4.31 Å². The lowest BCUT2D eigenvalue weighted by Gasteiger charge is -2.30. The Balaban J connectivity index is 0.00000338. The second kappa shape index (κ2) is 10.5. The van der Waals surface area contributed by atoms with Crippen LogP contribution in [0.4, 0.5) is 0 Å². The molecule has 2 N–H and O–H groups in total. The summed E-state index contributed by atoms with van der Waals surface area (Å²) in [5.41, 5.74) is 0.890. The fourth-order valence-corrected chi connectivity index (χ4v) is 3.66. The number of sulfonamides is 1. The quantitative estimate of drug-likeness (QED) is 0.351. The minimum absolute atomic E-state index is 0. The molecule has 0 aliphatic carbocycles. The van der Waals surface area contributed by atoms with Gasteiger partial charge in [-0.15, -0.1) is 24.0 Å². The van der Waals surface area contributed by atoms with E-state index >= 15 is 0 Å². The van der Waals surface area contributed by atoms with Gasteiger partial charge in [-0.25, -0.2) is 22.7 Å². The molecule has 0 bridgehead atoms. The van der Waals surface area contributed by atoms with Gasteiger partial charge in [0.05, 0.1) is 11.9 Å². The van der Waals surface area contributed by atoms with Crippen LogP contribution in [0.5, 0.6) is 0 Å². The van der Waals surface area contributed by atoms with Gasteiger partial charge in [0.1, 0.15) is 12.3 Å². The van der Waals surface area contributed by atoms with Crippen molar-refractivity contribution in [1.29, 1.82) is 0 Å². The largest absolute Gasteiger partial charge is 0.444 e. The van der Waals surface area contributed by atoms with Crippen LogP contribution in [0.1, 0.15) is 37.1 Å². The van der Waals surface area contributed by atoms with Crippen molar-refractivity contribution in [2.75, 3.05) is 32.4 Å². The predicted molar refractivity (Wildman–Crippen MR) is 113 cm³/mol. The highest BCUT2D eigenvalue weighted by atomic mass is 127. The molecule has 150 valence electrons. The van der Waals surface area contributed by atoms with Crippen LogP contribution in [0.15, 0.2) is 9.41 Å². The van der Waals surface area contributed by atoms with E-state index in [9.17, 15) is 8.42 Å². The molecule has 1 aromatic rings. The van der Waals surface area contributed by atoms with Gasteiger partial charge in [-0.2, -0.15) is 0 Å². The number of nitrogens with zero attached hydrogens (tertiary/aromatic N) is 3. The molecule has 0 atom stereocenters. The molecule has 0 spiro atoms. The van der Waals surface area contributed by atoms with E-state index in [1.165, 1.54) is 6.26 Å². The first-order chi connectivity index (χ1) is 11.8. The van der Waals surface area contributed by atoms with Gasteiger partial charge in [-0.05, 0) is 39.5 Å². The first kappa shape index (κ1) is 23.2. The summed E-state index contributed by atoms with van der Waals surface area (Å²) in [5, 5.41) is 6.55. The number of guanidine groups is 1. The number of oxazole rings is 1. The van der Waals surface area contributed by atoms with E-state index in [4.69, 9.17) is 4.42 Å². The lowest BCUT2D eigenvalue weighted by Crippen LogP contribution is -2.44. The van der Waals surface area contributed by atoms with Crippen molar-refractivity contribution in [3.05, 3.63) is 17.3 Å². The fraction of sp³-hybridized carbons (Fsp3) is 0.750. The number of hydrogen-bond acceptors (Lipinski definition) is 5. The van der Waals surface area contributed by atoms with E-state index in [0.29, 0.717) is 31.4 Å². The van der Waals surface area contributed by atoms with Gasteiger partial charge in [0, 0.05) is 26.2 Å². The zero-order valence-corrected chi connectivity index (χ0v) is 19.1. The van der Waals surface area contributed by atoms with E-state index in [-0.39, 0.29) is 24.0 Å². The topological polar surface area (TPSA) is 99.8 Å². The molecule has 0 unspecified atom stereocenters. The normalized spacial score (nSPS) is 17.0. The third-order valence-corrected chi connectivity index (χ3v) is 5.69. The monoisotopic (exact) mass is 499 g/mol. The molecule has 2 rings (SSSR count). The third kappa shape index (κ3) is 7.03. The summed E-state index contributed by atoms with van der Waals surface area (Å²) >= 11 is 0. The maximum atomic E-state index is 11.6. The summed E-state index contributed by atoms with van der Waals surface area (Å²) < 4.78 is 30.2. The molecule has 1 aliphatic heterocycles. The molecule has 10 heteroatoms. The lowest BCUT2D eigenvalue weighted by atomic mass is 9.98. The van der Waals surface area contributed by atoms with Crippen molar-refractivity contribution in [2.24, 2.45) is 10.9 Å². The highest BCUT2D eigenvalue weighted by molar-refractivity contribution is 14.0.